The summed E-state index contributed by atoms with van der Waals surface area (Å²) in [6.45, 7) is 3.22. The minimum absolute atomic E-state index is 0.0894. The zero-order chi connectivity index (χ0) is 12.3. The van der Waals surface area contributed by atoms with Gasteiger partial charge in [-0.3, -0.25) is 4.79 Å². The van der Waals surface area contributed by atoms with E-state index < -0.39 is 21.8 Å². The van der Waals surface area contributed by atoms with Gasteiger partial charge in [-0.15, -0.1) is 0 Å². The van der Waals surface area contributed by atoms with Crippen LogP contribution in [0.15, 0.2) is 29.2 Å². The van der Waals surface area contributed by atoms with E-state index >= 15 is 0 Å². The molecule has 88 valence electrons. The quantitative estimate of drug-likeness (QED) is 0.902. The Labute approximate surface area is 99.7 Å². The van der Waals surface area contributed by atoms with E-state index in [9.17, 15) is 13.2 Å². The van der Waals surface area contributed by atoms with Crippen LogP contribution in [0.25, 0.3) is 0 Å². The second kappa shape index (κ2) is 4.84. The molecule has 0 unspecified atom stereocenters. The van der Waals surface area contributed by atoms with Gasteiger partial charge in [0.05, 0.1) is 5.02 Å². The van der Waals surface area contributed by atoms with Crippen molar-refractivity contribution >= 4 is 27.5 Å². The van der Waals surface area contributed by atoms with Crippen LogP contribution in [0.2, 0.25) is 5.02 Å². The predicted molar refractivity (Wildman–Crippen MR) is 61.6 cm³/mol. The first-order valence-corrected chi connectivity index (χ1v) is 6.52. The van der Waals surface area contributed by atoms with Gasteiger partial charge < -0.3 is 0 Å². The molecule has 0 aliphatic rings. The number of sulfonamides is 1. The van der Waals surface area contributed by atoms with E-state index in [1.54, 1.807) is 26.0 Å². The molecule has 0 atom stereocenters. The lowest BCUT2D eigenvalue weighted by molar-refractivity contribution is -0.122. The number of carbonyl (C=O) groups excluding carboxylic acids is 1. The zero-order valence-electron chi connectivity index (χ0n) is 8.90. The topological polar surface area (TPSA) is 63.2 Å². The first-order valence-electron chi connectivity index (χ1n) is 4.66. The fourth-order valence-electron chi connectivity index (χ4n) is 0.968. The highest BCUT2D eigenvalue weighted by molar-refractivity contribution is 7.90. The van der Waals surface area contributed by atoms with Crippen LogP contribution >= 0.6 is 11.6 Å². The third-order valence-electron chi connectivity index (χ3n) is 1.89. The first-order chi connectivity index (χ1) is 7.34. The van der Waals surface area contributed by atoms with Crippen LogP contribution in [-0.2, 0) is 14.8 Å². The minimum Gasteiger partial charge on any atom is -0.274 e. The highest BCUT2D eigenvalue weighted by atomic mass is 35.5. The maximum absolute atomic E-state index is 11.8. The number of rotatable bonds is 3. The van der Waals surface area contributed by atoms with Gasteiger partial charge in [-0.25, -0.2) is 13.1 Å². The molecule has 0 aliphatic carbocycles. The SMILES string of the molecule is CC(C)C(=O)NS(=O)(=O)c1ccccc1Cl. The Bertz CT molecular complexity index is 497. The summed E-state index contributed by atoms with van der Waals surface area (Å²) in [6, 6.07) is 5.96. The van der Waals surface area contributed by atoms with Crippen molar-refractivity contribution in [1.29, 1.82) is 0 Å². The van der Waals surface area contributed by atoms with E-state index in [0.29, 0.717) is 0 Å². The van der Waals surface area contributed by atoms with E-state index in [-0.39, 0.29) is 9.92 Å². The molecule has 6 heteroatoms. The van der Waals surface area contributed by atoms with Crippen LogP contribution in [0.1, 0.15) is 13.8 Å². The molecule has 0 heterocycles. The summed E-state index contributed by atoms with van der Waals surface area (Å²) >= 11 is 5.74. The van der Waals surface area contributed by atoms with E-state index in [2.05, 4.69) is 0 Å². The number of hydrogen-bond donors (Lipinski definition) is 1. The maximum atomic E-state index is 11.8. The van der Waals surface area contributed by atoms with E-state index in [4.69, 9.17) is 11.6 Å². The highest BCUT2D eigenvalue weighted by Crippen LogP contribution is 2.20. The number of amides is 1. The minimum atomic E-state index is -3.87. The molecular formula is C10H12ClNO3S. The van der Waals surface area contributed by atoms with Gasteiger partial charge in [0.1, 0.15) is 4.90 Å². The third-order valence-corrected chi connectivity index (χ3v) is 3.73. The largest absolute Gasteiger partial charge is 0.274 e. The van der Waals surface area contributed by atoms with Crippen molar-refractivity contribution < 1.29 is 13.2 Å². The van der Waals surface area contributed by atoms with Gasteiger partial charge in [0.2, 0.25) is 5.91 Å². The van der Waals surface area contributed by atoms with Crippen molar-refractivity contribution in [2.24, 2.45) is 5.92 Å². The average molecular weight is 262 g/mol. The Morgan fingerprint density at radius 1 is 1.31 bits per heavy atom. The number of hydrogen-bond acceptors (Lipinski definition) is 3. The molecule has 0 bridgehead atoms. The molecule has 0 aromatic heterocycles. The highest BCUT2D eigenvalue weighted by Gasteiger charge is 2.21. The molecule has 0 fully saturated rings. The van der Waals surface area contributed by atoms with Crippen molar-refractivity contribution in [2.75, 3.05) is 0 Å². The van der Waals surface area contributed by atoms with Gasteiger partial charge in [0.25, 0.3) is 10.0 Å². The van der Waals surface area contributed by atoms with Crippen LogP contribution < -0.4 is 4.72 Å². The van der Waals surface area contributed by atoms with Gasteiger partial charge in [-0.1, -0.05) is 37.6 Å². The molecule has 0 spiro atoms. The summed E-state index contributed by atoms with van der Waals surface area (Å²) in [5.74, 6) is -0.961. The number of benzene rings is 1. The van der Waals surface area contributed by atoms with Crippen LogP contribution in [0, 0.1) is 5.92 Å². The second-order valence-corrected chi connectivity index (χ2v) is 5.61. The molecule has 1 aromatic carbocycles. The molecule has 4 nitrogen and oxygen atoms in total. The Balaban J connectivity index is 3.05. The van der Waals surface area contributed by atoms with Crippen LogP contribution in [0.5, 0.6) is 0 Å². The second-order valence-electron chi connectivity index (χ2n) is 3.55. The van der Waals surface area contributed by atoms with E-state index in [1.807, 2.05) is 4.72 Å². The summed E-state index contributed by atoms with van der Waals surface area (Å²) in [7, 11) is -3.87. The van der Waals surface area contributed by atoms with Crippen LogP contribution in [0.4, 0.5) is 0 Å². The average Bonchev–Trinajstić information content (AvgIpc) is 2.17. The normalized spacial score (nSPS) is 11.5. The fraction of sp³-hybridized carbons (Fsp3) is 0.300. The van der Waals surface area contributed by atoms with Crippen molar-refractivity contribution in [3.63, 3.8) is 0 Å². The molecule has 0 radical (unpaired) electrons. The van der Waals surface area contributed by atoms with Crippen LogP contribution in [-0.4, -0.2) is 14.3 Å². The van der Waals surface area contributed by atoms with Crippen molar-refractivity contribution in [1.82, 2.24) is 4.72 Å². The molecule has 1 rings (SSSR count). The summed E-state index contributed by atoms with van der Waals surface area (Å²) in [5.41, 5.74) is 0. The molecule has 16 heavy (non-hydrogen) atoms. The van der Waals surface area contributed by atoms with Crippen LogP contribution in [0.3, 0.4) is 0 Å². The van der Waals surface area contributed by atoms with Crippen molar-refractivity contribution in [3.05, 3.63) is 29.3 Å². The lowest BCUT2D eigenvalue weighted by atomic mass is 10.2. The molecular weight excluding hydrogens is 250 g/mol. The predicted octanol–water partition coefficient (Wildman–Crippen LogP) is 1.80. The standard InChI is InChI=1S/C10H12ClNO3S/c1-7(2)10(13)12-16(14,15)9-6-4-3-5-8(9)11/h3-7H,1-2H3,(H,12,13). The monoisotopic (exact) mass is 261 g/mol. The molecule has 0 saturated heterocycles. The van der Waals surface area contributed by atoms with E-state index in [1.165, 1.54) is 12.1 Å². The zero-order valence-corrected chi connectivity index (χ0v) is 10.5. The Kier molecular flexibility index (Phi) is 3.93. The Hall–Kier alpha value is -1.07. The summed E-state index contributed by atoms with van der Waals surface area (Å²) < 4.78 is 25.5. The van der Waals surface area contributed by atoms with Gasteiger partial charge in [0.15, 0.2) is 0 Å². The molecule has 1 N–H and O–H groups in total. The Morgan fingerprint density at radius 3 is 2.38 bits per heavy atom. The summed E-state index contributed by atoms with van der Waals surface area (Å²) in [4.78, 5) is 11.2. The molecule has 0 aliphatic heterocycles. The van der Waals surface area contributed by atoms with Crippen molar-refractivity contribution in [3.8, 4) is 0 Å². The molecule has 1 amide bonds. The first kappa shape index (κ1) is 13.0. The number of halogens is 1. The fourth-order valence-corrected chi connectivity index (χ4v) is 2.60. The van der Waals surface area contributed by atoms with Gasteiger partial charge in [-0.05, 0) is 12.1 Å². The van der Waals surface area contributed by atoms with Gasteiger partial charge >= 0.3 is 0 Å². The van der Waals surface area contributed by atoms with Crippen molar-refractivity contribution in [2.45, 2.75) is 18.7 Å². The lowest BCUT2D eigenvalue weighted by Crippen LogP contribution is -2.33. The molecule has 1 aromatic rings. The lowest BCUT2D eigenvalue weighted by Gasteiger charge is -2.09. The number of nitrogens with one attached hydrogen (secondary N) is 1. The van der Waals surface area contributed by atoms with Gasteiger partial charge in [-0.2, -0.15) is 0 Å². The third kappa shape index (κ3) is 2.96. The summed E-state index contributed by atoms with van der Waals surface area (Å²) in [5, 5.41) is 0.0894. The molecule has 0 saturated carbocycles. The van der Waals surface area contributed by atoms with Gasteiger partial charge in [0, 0.05) is 5.92 Å². The smallest absolute Gasteiger partial charge is 0.265 e. The summed E-state index contributed by atoms with van der Waals surface area (Å²) in [6.07, 6.45) is 0. The number of carbonyl (C=O) groups is 1. The van der Waals surface area contributed by atoms with E-state index in [0.717, 1.165) is 0 Å². The Morgan fingerprint density at radius 2 is 1.88 bits per heavy atom. The maximum Gasteiger partial charge on any atom is 0.265 e.